The first-order valence-corrected chi connectivity index (χ1v) is 10.4. The third-order valence-electron chi connectivity index (χ3n) is 3.58. The zero-order valence-electron chi connectivity index (χ0n) is 15.6. The molecule has 0 saturated carbocycles. The van der Waals surface area contributed by atoms with Gasteiger partial charge in [0.25, 0.3) is 0 Å². The molecule has 0 atom stereocenters. The van der Waals surface area contributed by atoms with Gasteiger partial charge in [-0.05, 0) is 50.2 Å². The topological polar surface area (TPSA) is 84.9 Å². The molecule has 0 aliphatic heterocycles. The lowest BCUT2D eigenvalue weighted by molar-refractivity contribution is -0.114. The number of para-hydroxylation sites is 2. The minimum Gasteiger partial charge on any atom is -0.494 e. The summed E-state index contributed by atoms with van der Waals surface area (Å²) in [6.07, 6.45) is 1.06. The summed E-state index contributed by atoms with van der Waals surface area (Å²) < 4.78 is 36.3. The summed E-state index contributed by atoms with van der Waals surface area (Å²) in [4.78, 5) is 12.5. The Bertz CT molecular complexity index is 866. The molecule has 2 rings (SSSR count). The van der Waals surface area contributed by atoms with Gasteiger partial charge in [-0.1, -0.05) is 12.1 Å². The van der Waals surface area contributed by atoms with E-state index < -0.39 is 15.9 Å². The fourth-order valence-electron chi connectivity index (χ4n) is 2.45. The van der Waals surface area contributed by atoms with Gasteiger partial charge in [0.05, 0.1) is 30.8 Å². The molecule has 0 unspecified atom stereocenters. The minimum absolute atomic E-state index is 0.354. The molecule has 1 amide bonds. The molecule has 0 radical (unpaired) electrons. The number of carbonyl (C=O) groups is 1. The summed E-state index contributed by atoms with van der Waals surface area (Å²) in [7, 11) is -3.65. The molecule has 8 heteroatoms. The van der Waals surface area contributed by atoms with Crippen molar-refractivity contribution in [3.63, 3.8) is 0 Å². The summed E-state index contributed by atoms with van der Waals surface area (Å²) in [6, 6.07) is 13.5. The fourth-order valence-corrected chi connectivity index (χ4v) is 3.30. The second-order valence-electron chi connectivity index (χ2n) is 5.67. The van der Waals surface area contributed by atoms with Gasteiger partial charge < -0.3 is 14.8 Å². The Labute approximate surface area is 160 Å². The highest BCUT2D eigenvalue weighted by atomic mass is 32.2. The number of hydrogen-bond donors (Lipinski definition) is 1. The van der Waals surface area contributed by atoms with Crippen molar-refractivity contribution in [1.29, 1.82) is 0 Å². The van der Waals surface area contributed by atoms with Crippen LogP contribution >= 0.6 is 0 Å². The molecule has 0 aromatic heterocycles. The number of carbonyl (C=O) groups excluding carboxylic acids is 1. The molecule has 0 saturated heterocycles. The SMILES string of the molecule is CCOc1ccc(N(CC(=O)Nc2ccccc2OCC)S(C)(=O)=O)cc1. The average Bonchev–Trinajstić information content (AvgIpc) is 2.62. The van der Waals surface area contributed by atoms with Gasteiger partial charge in [0.2, 0.25) is 15.9 Å². The van der Waals surface area contributed by atoms with Crippen LogP contribution in [0.25, 0.3) is 0 Å². The van der Waals surface area contributed by atoms with E-state index in [2.05, 4.69) is 5.32 Å². The van der Waals surface area contributed by atoms with Crippen LogP contribution in [0.2, 0.25) is 0 Å². The van der Waals surface area contributed by atoms with Crippen molar-refractivity contribution >= 4 is 27.3 Å². The first-order valence-electron chi connectivity index (χ1n) is 8.57. The summed E-state index contributed by atoms with van der Waals surface area (Å²) in [5, 5.41) is 2.70. The van der Waals surface area contributed by atoms with Crippen molar-refractivity contribution in [1.82, 2.24) is 0 Å². The van der Waals surface area contributed by atoms with E-state index in [4.69, 9.17) is 9.47 Å². The summed E-state index contributed by atoms with van der Waals surface area (Å²) in [6.45, 7) is 4.32. The van der Waals surface area contributed by atoms with Gasteiger partial charge in [-0.25, -0.2) is 8.42 Å². The van der Waals surface area contributed by atoms with E-state index in [-0.39, 0.29) is 6.54 Å². The highest BCUT2D eigenvalue weighted by Gasteiger charge is 2.21. The maximum absolute atomic E-state index is 12.5. The van der Waals surface area contributed by atoms with Crippen LogP contribution in [0.3, 0.4) is 0 Å². The van der Waals surface area contributed by atoms with Crippen molar-refractivity contribution < 1.29 is 22.7 Å². The molecule has 7 nitrogen and oxygen atoms in total. The maximum Gasteiger partial charge on any atom is 0.245 e. The van der Waals surface area contributed by atoms with Crippen molar-refractivity contribution in [3.8, 4) is 11.5 Å². The Balaban J connectivity index is 2.18. The summed E-state index contributed by atoms with van der Waals surface area (Å²) >= 11 is 0. The molecule has 1 N–H and O–H groups in total. The van der Waals surface area contributed by atoms with Crippen LogP contribution in [0, 0.1) is 0 Å². The number of rotatable bonds is 9. The van der Waals surface area contributed by atoms with Gasteiger partial charge in [-0.3, -0.25) is 9.10 Å². The fraction of sp³-hybridized carbons (Fsp3) is 0.316. The molecule has 0 aliphatic rings. The third kappa shape index (κ3) is 5.89. The predicted molar refractivity (Wildman–Crippen MR) is 106 cm³/mol. The Kier molecular flexibility index (Phi) is 7.06. The first kappa shape index (κ1) is 20.6. The zero-order valence-corrected chi connectivity index (χ0v) is 16.5. The molecule has 27 heavy (non-hydrogen) atoms. The van der Waals surface area contributed by atoms with Crippen LogP contribution in [0.5, 0.6) is 11.5 Å². The first-order chi connectivity index (χ1) is 12.8. The van der Waals surface area contributed by atoms with Crippen LogP contribution in [-0.4, -0.2) is 40.3 Å². The smallest absolute Gasteiger partial charge is 0.245 e. The average molecular weight is 392 g/mol. The van der Waals surface area contributed by atoms with Crippen LogP contribution in [-0.2, 0) is 14.8 Å². The number of hydrogen-bond acceptors (Lipinski definition) is 5. The quantitative estimate of drug-likeness (QED) is 0.709. The van der Waals surface area contributed by atoms with Crippen molar-refractivity contribution in [2.24, 2.45) is 0 Å². The molecule has 2 aromatic carbocycles. The number of amides is 1. The van der Waals surface area contributed by atoms with Gasteiger partial charge in [0.1, 0.15) is 18.0 Å². The summed E-state index contributed by atoms with van der Waals surface area (Å²) in [5.74, 6) is 0.687. The maximum atomic E-state index is 12.5. The monoisotopic (exact) mass is 392 g/mol. The lowest BCUT2D eigenvalue weighted by Crippen LogP contribution is -2.37. The second-order valence-corrected chi connectivity index (χ2v) is 7.58. The van der Waals surface area contributed by atoms with E-state index >= 15 is 0 Å². The number of anilines is 2. The number of nitrogens with one attached hydrogen (secondary N) is 1. The number of nitrogens with zero attached hydrogens (tertiary/aromatic N) is 1. The van der Waals surface area contributed by atoms with Crippen molar-refractivity contribution in [3.05, 3.63) is 48.5 Å². The number of benzene rings is 2. The molecule has 0 bridgehead atoms. The Morgan fingerprint density at radius 1 is 1.00 bits per heavy atom. The van der Waals surface area contributed by atoms with E-state index in [0.29, 0.717) is 36.1 Å². The standard InChI is InChI=1S/C19H24N2O5S/c1-4-25-16-12-10-15(11-13-16)21(27(3,23)24)14-19(22)20-17-8-6-7-9-18(17)26-5-2/h6-13H,4-5,14H2,1-3H3,(H,20,22). The van der Waals surface area contributed by atoms with Gasteiger partial charge in [0, 0.05) is 0 Å². The Morgan fingerprint density at radius 2 is 1.63 bits per heavy atom. The Morgan fingerprint density at radius 3 is 2.22 bits per heavy atom. The lowest BCUT2D eigenvalue weighted by atomic mass is 10.3. The molecular weight excluding hydrogens is 368 g/mol. The number of sulfonamides is 1. The molecule has 0 spiro atoms. The Hall–Kier alpha value is -2.74. The van der Waals surface area contributed by atoms with E-state index in [0.717, 1.165) is 10.6 Å². The van der Waals surface area contributed by atoms with Crippen molar-refractivity contribution in [2.75, 3.05) is 35.6 Å². The van der Waals surface area contributed by atoms with Crippen LogP contribution in [0.4, 0.5) is 11.4 Å². The van der Waals surface area contributed by atoms with Gasteiger partial charge >= 0.3 is 0 Å². The van der Waals surface area contributed by atoms with Crippen molar-refractivity contribution in [2.45, 2.75) is 13.8 Å². The second kappa shape index (κ2) is 9.27. The van der Waals surface area contributed by atoms with Gasteiger partial charge in [0.15, 0.2) is 0 Å². The van der Waals surface area contributed by atoms with Gasteiger partial charge in [-0.15, -0.1) is 0 Å². The molecule has 0 aliphatic carbocycles. The summed E-state index contributed by atoms with van der Waals surface area (Å²) in [5.41, 5.74) is 0.874. The molecule has 146 valence electrons. The molecular formula is C19H24N2O5S. The largest absolute Gasteiger partial charge is 0.494 e. The van der Waals surface area contributed by atoms with Gasteiger partial charge in [-0.2, -0.15) is 0 Å². The van der Waals surface area contributed by atoms with Crippen LogP contribution in [0.1, 0.15) is 13.8 Å². The van der Waals surface area contributed by atoms with E-state index in [1.54, 1.807) is 48.5 Å². The van der Waals surface area contributed by atoms with Crippen LogP contribution < -0.4 is 19.1 Å². The predicted octanol–water partition coefficient (Wildman–Crippen LogP) is 2.89. The highest BCUT2D eigenvalue weighted by Crippen LogP contribution is 2.25. The zero-order chi connectivity index (χ0) is 19.9. The van der Waals surface area contributed by atoms with E-state index in [1.807, 2.05) is 13.8 Å². The highest BCUT2D eigenvalue weighted by molar-refractivity contribution is 7.92. The molecule has 2 aromatic rings. The minimum atomic E-state index is -3.65. The van der Waals surface area contributed by atoms with E-state index in [1.165, 1.54) is 0 Å². The van der Waals surface area contributed by atoms with Crippen LogP contribution in [0.15, 0.2) is 48.5 Å². The lowest BCUT2D eigenvalue weighted by Gasteiger charge is -2.22. The van der Waals surface area contributed by atoms with E-state index in [9.17, 15) is 13.2 Å². The third-order valence-corrected chi connectivity index (χ3v) is 4.72. The molecule has 0 heterocycles. The number of ether oxygens (including phenoxy) is 2. The normalized spacial score (nSPS) is 10.9. The molecule has 0 fully saturated rings.